The summed E-state index contributed by atoms with van der Waals surface area (Å²) in [5.41, 5.74) is 1.66. The number of methoxy groups -OCH3 is 1. The van der Waals surface area contributed by atoms with Crippen molar-refractivity contribution in [2.75, 3.05) is 44.8 Å². The number of benzene rings is 1. The van der Waals surface area contributed by atoms with E-state index < -0.39 is 5.97 Å². The first-order chi connectivity index (χ1) is 13.0. The average molecular weight is 388 g/mol. The Labute approximate surface area is 163 Å². The third-order valence-corrected chi connectivity index (χ3v) is 5.62. The van der Waals surface area contributed by atoms with Gasteiger partial charge in [-0.15, -0.1) is 11.3 Å². The minimum Gasteiger partial charge on any atom is -0.497 e. The van der Waals surface area contributed by atoms with Gasteiger partial charge in [0.1, 0.15) is 5.75 Å². The van der Waals surface area contributed by atoms with E-state index in [1.807, 2.05) is 38.1 Å². The van der Waals surface area contributed by atoms with Crippen molar-refractivity contribution in [2.24, 2.45) is 0 Å². The van der Waals surface area contributed by atoms with Gasteiger partial charge in [0, 0.05) is 41.6 Å². The molecule has 1 aromatic carbocycles. The molecule has 2 heterocycles. The van der Waals surface area contributed by atoms with Crippen LogP contribution in [-0.4, -0.2) is 56.7 Å². The van der Waals surface area contributed by atoms with E-state index in [-0.39, 0.29) is 12.5 Å². The molecule has 0 aliphatic carbocycles. The lowest BCUT2D eigenvalue weighted by Crippen LogP contribution is -2.49. The third-order valence-electron chi connectivity index (χ3n) is 4.66. The SMILES string of the molecule is COc1ccc(N2CCN(C(=O)COC(=O)c3cc(C)sc3C)CC2)cc1. The number of ether oxygens (including phenoxy) is 2. The van der Waals surface area contributed by atoms with Gasteiger partial charge >= 0.3 is 5.97 Å². The lowest BCUT2D eigenvalue weighted by molar-refractivity contribution is -0.134. The van der Waals surface area contributed by atoms with Gasteiger partial charge in [0.2, 0.25) is 0 Å². The van der Waals surface area contributed by atoms with Crippen LogP contribution < -0.4 is 9.64 Å². The summed E-state index contributed by atoms with van der Waals surface area (Å²) in [6.07, 6.45) is 0. The Balaban J connectivity index is 1.48. The van der Waals surface area contributed by atoms with Crippen LogP contribution >= 0.6 is 11.3 Å². The fraction of sp³-hybridized carbons (Fsp3) is 0.400. The maximum Gasteiger partial charge on any atom is 0.339 e. The zero-order valence-corrected chi connectivity index (χ0v) is 16.7. The van der Waals surface area contributed by atoms with Crippen LogP contribution in [0.15, 0.2) is 30.3 Å². The normalized spacial score (nSPS) is 14.2. The second-order valence-electron chi connectivity index (χ2n) is 6.47. The molecule has 1 fully saturated rings. The van der Waals surface area contributed by atoms with Gasteiger partial charge in [-0.25, -0.2) is 4.79 Å². The number of esters is 1. The number of hydrogen-bond acceptors (Lipinski definition) is 6. The first-order valence-electron chi connectivity index (χ1n) is 8.89. The largest absolute Gasteiger partial charge is 0.497 e. The Morgan fingerprint density at radius 1 is 1.07 bits per heavy atom. The number of hydrogen-bond donors (Lipinski definition) is 0. The smallest absolute Gasteiger partial charge is 0.339 e. The first-order valence-corrected chi connectivity index (χ1v) is 9.70. The zero-order valence-electron chi connectivity index (χ0n) is 15.9. The Morgan fingerprint density at radius 3 is 2.30 bits per heavy atom. The van der Waals surface area contributed by atoms with E-state index in [1.54, 1.807) is 29.4 Å². The zero-order chi connectivity index (χ0) is 19.4. The number of anilines is 1. The molecule has 0 unspecified atom stereocenters. The topological polar surface area (TPSA) is 59.1 Å². The summed E-state index contributed by atoms with van der Waals surface area (Å²) in [4.78, 5) is 30.5. The van der Waals surface area contributed by atoms with Crippen LogP contribution in [0.2, 0.25) is 0 Å². The molecular formula is C20H24N2O4S. The van der Waals surface area contributed by atoms with Crippen molar-refractivity contribution in [3.05, 3.63) is 45.6 Å². The van der Waals surface area contributed by atoms with E-state index in [1.165, 1.54) is 0 Å². The second kappa shape index (κ2) is 8.43. The Kier molecular flexibility index (Phi) is 6.01. The van der Waals surface area contributed by atoms with Crippen LogP contribution in [0.1, 0.15) is 20.1 Å². The maximum atomic E-state index is 12.4. The van der Waals surface area contributed by atoms with Crippen molar-refractivity contribution in [3.8, 4) is 5.75 Å². The molecule has 0 atom stereocenters. The van der Waals surface area contributed by atoms with Crippen molar-refractivity contribution < 1.29 is 19.1 Å². The lowest BCUT2D eigenvalue weighted by Gasteiger charge is -2.36. The van der Waals surface area contributed by atoms with Crippen molar-refractivity contribution in [3.63, 3.8) is 0 Å². The summed E-state index contributed by atoms with van der Waals surface area (Å²) in [6, 6.07) is 9.70. The van der Waals surface area contributed by atoms with Crippen LogP contribution in [0.3, 0.4) is 0 Å². The highest BCUT2D eigenvalue weighted by Crippen LogP contribution is 2.22. The summed E-state index contributed by atoms with van der Waals surface area (Å²) < 4.78 is 10.4. The molecule has 6 nitrogen and oxygen atoms in total. The van der Waals surface area contributed by atoms with Gasteiger partial charge in [0.05, 0.1) is 12.7 Å². The molecule has 27 heavy (non-hydrogen) atoms. The highest BCUT2D eigenvalue weighted by molar-refractivity contribution is 7.12. The van der Waals surface area contributed by atoms with Crippen molar-refractivity contribution in [1.82, 2.24) is 4.90 Å². The molecule has 0 spiro atoms. The minimum atomic E-state index is -0.429. The molecule has 0 radical (unpaired) electrons. The van der Waals surface area contributed by atoms with E-state index in [0.717, 1.165) is 34.3 Å². The highest BCUT2D eigenvalue weighted by Gasteiger charge is 2.23. The molecule has 0 N–H and O–H groups in total. The number of aryl methyl sites for hydroxylation is 2. The lowest BCUT2D eigenvalue weighted by atomic mass is 10.2. The summed E-state index contributed by atoms with van der Waals surface area (Å²) in [6.45, 7) is 6.33. The van der Waals surface area contributed by atoms with E-state index in [2.05, 4.69) is 4.90 Å². The van der Waals surface area contributed by atoms with E-state index >= 15 is 0 Å². The number of amides is 1. The van der Waals surface area contributed by atoms with Crippen molar-refractivity contribution in [2.45, 2.75) is 13.8 Å². The van der Waals surface area contributed by atoms with Crippen LogP contribution in [0.25, 0.3) is 0 Å². The van der Waals surface area contributed by atoms with Gasteiger partial charge in [0.25, 0.3) is 5.91 Å². The van der Waals surface area contributed by atoms with Gasteiger partial charge < -0.3 is 19.3 Å². The molecule has 3 rings (SSSR count). The predicted octanol–water partition coefficient (Wildman–Crippen LogP) is 2.88. The predicted molar refractivity (Wildman–Crippen MR) is 106 cm³/mol. The van der Waals surface area contributed by atoms with Gasteiger partial charge in [-0.1, -0.05) is 0 Å². The molecule has 1 amide bonds. The summed E-state index contributed by atoms with van der Waals surface area (Å²) in [7, 11) is 1.65. The standard InChI is InChI=1S/C20H24N2O4S/c1-14-12-18(15(2)27-14)20(24)26-13-19(23)22-10-8-21(9-11-22)16-4-6-17(25-3)7-5-16/h4-7,12H,8-11,13H2,1-3H3. The Hall–Kier alpha value is -2.54. The van der Waals surface area contributed by atoms with E-state index in [0.29, 0.717) is 18.7 Å². The molecule has 1 aliphatic heterocycles. The van der Waals surface area contributed by atoms with Crippen molar-refractivity contribution >= 4 is 28.9 Å². The van der Waals surface area contributed by atoms with Crippen LogP contribution in [0, 0.1) is 13.8 Å². The molecule has 1 saturated heterocycles. The maximum absolute atomic E-state index is 12.4. The fourth-order valence-electron chi connectivity index (χ4n) is 3.14. The van der Waals surface area contributed by atoms with Gasteiger partial charge in [-0.2, -0.15) is 0 Å². The van der Waals surface area contributed by atoms with Gasteiger partial charge in [-0.05, 0) is 44.2 Å². The molecule has 1 aliphatic rings. The molecule has 144 valence electrons. The molecule has 2 aromatic rings. The number of thiophene rings is 1. The molecule has 0 bridgehead atoms. The van der Waals surface area contributed by atoms with Crippen LogP contribution in [-0.2, 0) is 9.53 Å². The third kappa shape index (κ3) is 4.60. The number of carbonyl (C=O) groups excluding carboxylic acids is 2. The van der Waals surface area contributed by atoms with Gasteiger partial charge in [0.15, 0.2) is 6.61 Å². The highest BCUT2D eigenvalue weighted by atomic mass is 32.1. The number of carbonyl (C=O) groups is 2. The summed E-state index contributed by atoms with van der Waals surface area (Å²) >= 11 is 1.55. The number of rotatable bonds is 5. The van der Waals surface area contributed by atoms with Crippen LogP contribution in [0.4, 0.5) is 5.69 Å². The Bertz CT molecular complexity index is 808. The Morgan fingerprint density at radius 2 is 1.74 bits per heavy atom. The molecular weight excluding hydrogens is 364 g/mol. The summed E-state index contributed by atoms with van der Waals surface area (Å²) in [5.74, 6) is 0.245. The number of nitrogens with zero attached hydrogens (tertiary/aromatic N) is 2. The number of piperazine rings is 1. The average Bonchev–Trinajstić information content (AvgIpc) is 3.04. The quantitative estimate of drug-likeness (QED) is 0.737. The first kappa shape index (κ1) is 19.2. The fourth-order valence-corrected chi connectivity index (χ4v) is 4.05. The van der Waals surface area contributed by atoms with Crippen LogP contribution in [0.5, 0.6) is 5.75 Å². The molecule has 7 heteroatoms. The van der Waals surface area contributed by atoms with Crippen molar-refractivity contribution in [1.29, 1.82) is 0 Å². The summed E-state index contributed by atoms with van der Waals surface area (Å²) in [5, 5.41) is 0. The molecule has 1 aromatic heterocycles. The van der Waals surface area contributed by atoms with E-state index in [4.69, 9.17) is 9.47 Å². The molecule has 0 saturated carbocycles. The monoisotopic (exact) mass is 388 g/mol. The second-order valence-corrected chi connectivity index (χ2v) is 7.93. The van der Waals surface area contributed by atoms with E-state index in [9.17, 15) is 9.59 Å². The minimum absolute atomic E-state index is 0.151. The van der Waals surface area contributed by atoms with Gasteiger partial charge in [-0.3, -0.25) is 4.79 Å².